The van der Waals surface area contributed by atoms with Crippen molar-refractivity contribution in [1.82, 2.24) is 0 Å². The quantitative estimate of drug-likeness (QED) is 0.368. The summed E-state index contributed by atoms with van der Waals surface area (Å²) in [7, 11) is 1.71. The van der Waals surface area contributed by atoms with Gasteiger partial charge in [-0.25, -0.2) is 0 Å². The van der Waals surface area contributed by atoms with Crippen LogP contribution in [0.1, 0.15) is 19.3 Å². The first-order chi connectivity index (χ1) is 8.62. The predicted octanol–water partition coefficient (Wildman–Crippen LogP) is 1.57. The predicted molar refractivity (Wildman–Crippen MR) is 69.5 cm³/mol. The molecule has 0 heterocycles. The third-order valence-corrected chi connectivity index (χ3v) is 3.66. The first-order valence-electron chi connectivity index (χ1n) is 5.93. The van der Waals surface area contributed by atoms with E-state index in [0.29, 0.717) is 12.8 Å². The number of para-hydroxylation sites is 1. The highest BCUT2D eigenvalue weighted by molar-refractivity contribution is 6.13. The molecule has 96 valence electrons. The van der Waals surface area contributed by atoms with Gasteiger partial charge in [0.15, 0.2) is 5.84 Å². The lowest BCUT2D eigenvalue weighted by Gasteiger charge is -2.41. The van der Waals surface area contributed by atoms with E-state index in [1.807, 2.05) is 30.3 Å². The average Bonchev–Trinajstić information content (AvgIpc) is 2.37. The molecule has 0 spiro atoms. The molecule has 0 bridgehead atoms. The summed E-state index contributed by atoms with van der Waals surface area (Å²) in [6, 6.07) is 9.35. The van der Waals surface area contributed by atoms with Gasteiger partial charge in [-0.2, -0.15) is 0 Å². The fraction of sp³-hybridized carbons (Fsp3) is 0.385. The molecule has 0 unspecified atom stereocenters. The van der Waals surface area contributed by atoms with E-state index in [0.717, 1.165) is 12.1 Å². The fourth-order valence-electron chi connectivity index (χ4n) is 2.30. The molecule has 1 aliphatic rings. The van der Waals surface area contributed by atoms with Gasteiger partial charge in [-0.1, -0.05) is 29.8 Å². The lowest BCUT2D eigenvalue weighted by atomic mass is 9.67. The molecule has 1 aromatic rings. The Labute approximate surface area is 106 Å². The van der Waals surface area contributed by atoms with E-state index in [4.69, 9.17) is 10.9 Å². The minimum Gasteiger partial charge on any atom is -0.409 e. The maximum absolute atomic E-state index is 12.5. The molecule has 0 radical (unpaired) electrons. The van der Waals surface area contributed by atoms with Crippen LogP contribution in [0.2, 0.25) is 0 Å². The van der Waals surface area contributed by atoms with E-state index < -0.39 is 5.41 Å². The summed E-state index contributed by atoms with van der Waals surface area (Å²) in [6.45, 7) is 0. The van der Waals surface area contributed by atoms with Crippen molar-refractivity contribution in [2.45, 2.75) is 19.3 Å². The van der Waals surface area contributed by atoms with Crippen molar-refractivity contribution in [3.63, 3.8) is 0 Å². The van der Waals surface area contributed by atoms with Gasteiger partial charge in [-0.3, -0.25) is 4.79 Å². The summed E-state index contributed by atoms with van der Waals surface area (Å²) in [4.78, 5) is 14.1. The number of oxime groups is 1. The fourth-order valence-corrected chi connectivity index (χ4v) is 2.30. The zero-order valence-electron chi connectivity index (χ0n) is 10.3. The van der Waals surface area contributed by atoms with Crippen molar-refractivity contribution in [2.24, 2.45) is 16.3 Å². The Kier molecular flexibility index (Phi) is 3.23. The Morgan fingerprint density at radius 2 is 2.00 bits per heavy atom. The smallest absolute Gasteiger partial charge is 0.240 e. The number of carbonyl (C=O) groups is 1. The van der Waals surface area contributed by atoms with Crippen molar-refractivity contribution in [2.75, 3.05) is 11.9 Å². The molecule has 2 rings (SSSR count). The van der Waals surface area contributed by atoms with E-state index >= 15 is 0 Å². The minimum absolute atomic E-state index is 0.0153. The van der Waals surface area contributed by atoms with Gasteiger partial charge in [0.25, 0.3) is 0 Å². The molecule has 1 amide bonds. The second kappa shape index (κ2) is 4.68. The summed E-state index contributed by atoms with van der Waals surface area (Å²) in [5, 5.41) is 11.9. The monoisotopic (exact) mass is 247 g/mol. The van der Waals surface area contributed by atoms with E-state index in [2.05, 4.69) is 5.16 Å². The van der Waals surface area contributed by atoms with Crippen LogP contribution in [0.5, 0.6) is 0 Å². The number of hydrogen-bond donors (Lipinski definition) is 2. The summed E-state index contributed by atoms with van der Waals surface area (Å²) in [6.07, 6.45) is 2.20. The Morgan fingerprint density at radius 1 is 1.39 bits per heavy atom. The molecule has 0 aliphatic heterocycles. The molecule has 1 saturated carbocycles. The van der Waals surface area contributed by atoms with Crippen LogP contribution in [0.15, 0.2) is 35.5 Å². The molecule has 3 N–H and O–H groups in total. The van der Waals surface area contributed by atoms with Crippen LogP contribution in [0.25, 0.3) is 0 Å². The molecular formula is C13H17N3O2. The molecule has 1 aliphatic carbocycles. The van der Waals surface area contributed by atoms with Gasteiger partial charge in [0, 0.05) is 12.7 Å². The van der Waals surface area contributed by atoms with Gasteiger partial charge >= 0.3 is 0 Å². The number of carbonyl (C=O) groups excluding carboxylic acids is 1. The highest BCUT2D eigenvalue weighted by Gasteiger charge is 2.49. The van der Waals surface area contributed by atoms with Gasteiger partial charge < -0.3 is 15.8 Å². The van der Waals surface area contributed by atoms with E-state index in [-0.39, 0.29) is 11.7 Å². The summed E-state index contributed by atoms with van der Waals surface area (Å²) in [5.74, 6) is -0.100. The van der Waals surface area contributed by atoms with Gasteiger partial charge in [0.1, 0.15) is 5.41 Å². The zero-order valence-corrected chi connectivity index (χ0v) is 10.3. The van der Waals surface area contributed by atoms with Crippen LogP contribution in [0.3, 0.4) is 0 Å². The molecule has 5 heteroatoms. The van der Waals surface area contributed by atoms with Gasteiger partial charge in [0.05, 0.1) is 0 Å². The van der Waals surface area contributed by atoms with E-state index in [1.165, 1.54) is 0 Å². The Balaban J connectivity index is 2.26. The first-order valence-corrected chi connectivity index (χ1v) is 5.93. The Hall–Kier alpha value is -2.04. The summed E-state index contributed by atoms with van der Waals surface area (Å²) < 4.78 is 0. The van der Waals surface area contributed by atoms with Crippen molar-refractivity contribution >= 4 is 17.4 Å². The highest BCUT2D eigenvalue weighted by atomic mass is 16.4. The first kappa shape index (κ1) is 12.4. The largest absolute Gasteiger partial charge is 0.409 e. The normalized spacial score (nSPS) is 17.9. The molecule has 1 fully saturated rings. The van der Waals surface area contributed by atoms with Crippen molar-refractivity contribution in [1.29, 1.82) is 0 Å². The van der Waals surface area contributed by atoms with Gasteiger partial charge in [-0.15, -0.1) is 0 Å². The lowest BCUT2D eigenvalue weighted by molar-refractivity contribution is -0.128. The van der Waals surface area contributed by atoms with Crippen LogP contribution in [-0.4, -0.2) is 24.0 Å². The van der Waals surface area contributed by atoms with Crippen LogP contribution in [0, 0.1) is 5.41 Å². The highest BCUT2D eigenvalue weighted by Crippen LogP contribution is 2.43. The lowest BCUT2D eigenvalue weighted by Crippen LogP contribution is -2.54. The molecule has 18 heavy (non-hydrogen) atoms. The minimum atomic E-state index is -0.820. The van der Waals surface area contributed by atoms with E-state index in [1.54, 1.807) is 11.9 Å². The Bertz CT molecular complexity index is 466. The third kappa shape index (κ3) is 1.81. The number of hydrogen-bond acceptors (Lipinski definition) is 3. The molecule has 5 nitrogen and oxygen atoms in total. The molecule has 0 atom stereocenters. The molecule has 0 aromatic heterocycles. The number of nitrogens with two attached hydrogens (primary N) is 1. The SMILES string of the molecule is CN(C(=O)C1(/C(N)=N/O)CCC1)c1ccccc1. The van der Waals surface area contributed by atoms with Crippen LogP contribution >= 0.6 is 0 Å². The second-order valence-electron chi connectivity index (χ2n) is 4.62. The number of amidine groups is 1. The number of rotatable bonds is 3. The van der Waals surface area contributed by atoms with Crippen LogP contribution in [-0.2, 0) is 4.79 Å². The number of amides is 1. The van der Waals surface area contributed by atoms with Crippen molar-refractivity contribution in [3.05, 3.63) is 30.3 Å². The average molecular weight is 247 g/mol. The number of benzene rings is 1. The molecule has 0 saturated heterocycles. The van der Waals surface area contributed by atoms with Gasteiger partial charge in [-0.05, 0) is 25.0 Å². The zero-order chi connectivity index (χ0) is 13.2. The summed E-state index contributed by atoms with van der Waals surface area (Å²) in [5.41, 5.74) is 5.67. The topological polar surface area (TPSA) is 78.9 Å². The number of nitrogens with zero attached hydrogens (tertiary/aromatic N) is 2. The summed E-state index contributed by atoms with van der Waals surface area (Å²) >= 11 is 0. The second-order valence-corrected chi connectivity index (χ2v) is 4.62. The molecular weight excluding hydrogens is 230 g/mol. The van der Waals surface area contributed by atoms with Crippen LogP contribution in [0.4, 0.5) is 5.69 Å². The van der Waals surface area contributed by atoms with Crippen LogP contribution < -0.4 is 10.6 Å². The maximum Gasteiger partial charge on any atom is 0.240 e. The third-order valence-electron chi connectivity index (χ3n) is 3.66. The van der Waals surface area contributed by atoms with E-state index in [9.17, 15) is 4.79 Å². The van der Waals surface area contributed by atoms with Gasteiger partial charge in [0.2, 0.25) is 5.91 Å². The Morgan fingerprint density at radius 3 is 2.44 bits per heavy atom. The van der Waals surface area contributed by atoms with Crippen molar-refractivity contribution < 1.29 is 10.0 Å². The number of anilines is 1. The maximum atomic E-state index is 12.5. The standard InChI is InChI=1S/C13H17N3O2/c1-16(10-6-3-2-4-7-10)12(17)13(8-5-9-13)11(14)15-18/h2-4,6-7,18H,5,8-9H2,1H3,(H2,14,15). The van der Waals surface area contributed by atoms with Crippen molar-refractivity contribution in [3.8, 4) is 0 Å². The molecule has 1 aromatic carbocycles.